The van der Waals surface area contributed by atoms with Crippen LogP contribution in [0.25, 0.3) is 0 Å². The van der Waals surface area contributed by atoms with Crippen LogP contribution in [-0.4, -0.2) is 47.7 Å². The Bertz CT molecular complexity index is 383. The molecule has 0 radical (unpaired) electrons. The van der Waals surface area contributed by atoms with Crippen molar-refractivity contribution < 1.29 is 5.11 Å². The molecule has 1 N–H and O–H groups in total. The van der Waals surface area contributed by atoms with Gasteiger partial charge >= 0.3 is 0 Å². The van der Waals surface area contributed by atoms with Crippen LogP contribution in [0, 0.1) is 0 Å². The Balaban J connectivity index is 2.05. The molecule has 1 aliphatic heterocycles. The van der Waals surface area contributed by atoms with Gasteiger partial charge in [0.1, 0.15) is 0 Å². The summed E-state index contributed by atoms with van der Waals surface area (Å²) in [7, 11) is 2.09. The molecule has 4 heteroatoms. The van der Waals surface area contributed by atoms with Gasteiger partial charge in [-0.3, -0.25) is 9.88 Å². The van der Waals surface area contributed by atoms with Crippen LogP contribution in [0.2, 0.25) is 0 Å². The predicted molar refractivity (Wildman–Crippen MR) is 73.7 cm³/mol. The van der Waals surface area contributed by atoms with Crippen molar-refractivity contribution in [2.24, 2.45) is 0 Å². The third-order valence-corrected chi connectivity index (χ3v) is 3.86. The van der Waals surface area contributed by atoms with Crippen LogP contribution < -0.4 is 4.90 Å². The summed E-state index contributed by atoms with van der Waals surface area (Å²) in [6.07, 6.45) is 6.15. The van der Waals surface area contributed by atoms with Gasteiger partial charge in [-0.25, -0.2) is 0 Å². The molecule has 0 aliphatic carbocycles. The zero-order valence-corrected chi connectivity index (χ0v) is 11.3. The molecule has 1 fully saturated rings. The van der Waals surface area contributed by atoms with Crippen molar-refractivity contribution >= 4 is 5.69 Å². The van der Waals surface area contributed by atoms with E-state index < -0.39 is 0 Å². The predicted octanol–water partition coefficient (Wildman–Crippen LogP) is 1.49. The van der Waals surface area contributed by atoms with Crippen molar-refractivity contribution in [2.75, 3.05) is 31.6 Å². The maximum Gasteiger partial charge on any atom is 0.0703 e. The lowest BCUT2D eigenvalue weighted by Gasteiger charge is -2.29. The van der Waals surface area contributed by atoms with E-state index in [1.54, 1.807) is 6.20 Å². The number of likely N-dealkylation sites (tertiary alicyclic amines) is 1. The molecule has 2 rings (SSSR count). The Hall–Kier alpha value is -1.13. The maximum atomic E-state index is 9.36. The number of hydrogen-bond acceptors (Lipinski definition) is 4. The topological polar surface area (TPSA) is 39.6 Å². The number of hydrogen-bond donors (Lipinski definition) is 1. The number of likely N-dealkylation sites (N-methyl/N-ethyl adjacent to an activating group) is 2. The van der Waals surface area contributed by atoms with E-state index in [9.17, 15) is 5.11 Å². The highest BCUT2D eigenvalue weighted by Crippen LogP contribution is 2.22. The highest BCUT2D eigenvalue weighted by atomic mass is 16.3. The van der Waals surface area contributed by atoms with E-state index in [0.717, 1.165) is 24.3 Å². The van der Waals surface area contributed by atoms with Crippen molar-refractivity contribution in [3.63, 3.8) is 0 Å². The molecule has 1 aliphatic rings. The Kier molecular flexibility index (Phi) is 4.55. The number of aliphatic hydroxyl groups excluding tert-OH is 1. The van der Waals surface area contributed by atoms with Gasteiger partial charge in [0.25, 0.3) is 0 Å². The van der Waals surface area contributed by atoms with Crippen molar-refractivity contribution in [3.05, 3.63) is 24.0 Å². The molecule has 1 unspecified atom stereocenters. The number of pyridine rings is 1. The van der Waals surface area contributed by atoms with Gasteiger partial charge in [0.15, 0.2) is 0 Å². The minimum absolute atomic E-state index is 0.0738. The summed E-state index contributed by atoms with van der Waals surface area (Å²) < 4.78 is 0. The Labute approximate surface area is 109 Å². The first-order valence-corrected chi connectivity index (χ1v) is 6.75. The van der Waals surface area contributed by atoms with E-state index in [1.165, 1.54) is 19.4 Å². The fourth-order valence-corrected chi connectivity index (χ4v) is 2.83. The Morgan fingerprint density at radius 3 is 3.11 bits per heavy atom. The van der Waals surface area contributed by atoms with Gasteiger partial charge in [0.05, 0.1) is 18.5 Å². The summed E-state index contributed by atoms with van der Waals surface area (Å²) in [5, 5.41) is 9.36. The van der Waals surface area contributed by atoms with E-state index in [0.29, 0.717) is 6.04 Å². The molecule has 18 heavy (non-hydrogen) atoms. The second-order valence-electron chi connectivity index (χ2n) is 4.97. The van der Waals surface area contributed by atoms with Crippen LogP contribution >= 0.6 is 0 Å². The third-order valence-electron chi connectivity index (χ3n) is 3.86. The standard InChI is InChI=1S/C14H23N3O/c1-3-17-8-4-5-13(17)10-16(2)14-9-15-7-6-12(14)11-18/h6-7,9,13,18H,3-5,8,10-11H2,1-2H3. The molecule has 2 heterocycles. The molecule has 1 aromatic heterocycles. The van der Waals surface area contributed by atoms with Gasteiger partial charge in [-0.2, -0.15) is 0 Å². The molecule has 1 aromatic rings. The molecule has 0 bridgehead atoms. The Morgan fingerprint density at radius 2 is 2.39 bits per heavy atom. The first-order chi connectivity index (χ1) is 8.76. The summed E-state index contributed by atoms with van der Waals surface area (Å²) in [6, 6.07) is 2.52. The number of nitrogens with zero attached hydrogens (tertiary/aromatic N) is 3. The molecular weight excluding hydrogens is 226 g/mol. The highest BCUT2D eigenvalue weighted by Gasteiger charge is 2.24. The van der Waals surface area contributed by atoms with E-state index >= 15 is 0 Å². The minimum Gasteiger partial charge on any atom is -0.392 e. The zero-order valence-electron chi connectivity index (χ0n) is 11.3. The lowest BCUT2D eigenvalue weighted by atomic mass is 10.1. The zero-order chi connectivity index (χ0) is 13.0. The smallest absolute Gasteiger partial charge is 0.0703 e. The van der Waals surface area contributed by atoms with Crippen LogP contribution in [0.3, 0.4) is 0 Å². The van der Waals surface area contributed by atoms with Gasteiger partial charge in [-0.05, 0) is 32.0 Å². The number of aromatic nitrogens is 1. The molecule has 100 valence electrons. The van der Waals surface area contributed by atoms with E-state index in [2.05, 4.69) is 28.8 Å². The molecule has 1 atom stereocenters. The van der Waals surface area contributed by atoms with Crippen LogP contribution in [0.4, 0.5) is 5.69 Å². The fourth-order valence-electron chi connectivity index (χ4n) is 2.83. The third kappa shape index (κ3) is 2.82. The SMILES string of the molecule is CCN1CCCC1CN(C)c1cnccc1CO. The number of rotatable bonds is 5. The molecule has 0 aromatic carbocycles. The van der Waals surface area contributed by atoms with E-state index in [1.807, 2.05) is 12.3 Å². The second-order valence-corrected chi connectivity index (χ2v) is 4.97. The van der Waals surface area contributed by atoms with Crippen molar-refractivity contribution in [1.29, 1.82) is 0 Å². The van der Waals surface area contributed by atoms with Gasteiger partial charge in [0.2, 0.25) is 0 Å². The fraction of sp³-hybridized carbons (Fsp3) is 0.643. The van der Waals surface area contributed by atoms with Gasteiger partial charge in [0, 0.05) is 31.4 Å². The summed E-state index contributed by atoms with van der Waals surface area (Å²) in [5.74, 6) is 0. The molecule has 4 nitrogen and oxygen atoms in total. The van der Waals surface area contributed by atoms with Crippen molar-refractivity contribution in [2.45, 2.75) is 32.4 Å². The first kappa shape index (κ1) is 13.3. The molecule has 0 amide bonds. The Morgan fingerprint density at radius 1 is 1.56 bits per heavy atom. The average Bonchev–Trinajstić information content (AvgIpc) is 2.85. The van der Waals surface area contributed by atoms with Gasteiger partial charge in [-0.1, -0.05) is 6.92 Å². The summed E-state index contributed by atoms with van der Waals surface area (Å²) in [5.41, 5.74) is 2.00. The summed E-state index contributed by atoms with van der Waals surface area (Å²) >= 11 is 0. The minimum atomic E-state index is 0.0738. The van der Waals surface area contributed by atoms with Gasteiger partial charge in [-0.15, -0.1) is 0 Å². The van der Waals surface area contributed by atoms with Gasteiger partial charge < -0.3 is 10.0 Å². The number of aliphatic hydroxyl groups is 1. The second kappa shape index (κ2) is 6.16. The van der Waals surface area contributed by atoms with Crippen LogP contribution in [0.5, 0.6) is 0 Å². The lowest BCUT2D eigenvalue weighted by Crippen LogP contribution is -2.39. The average molecular weight is 249 g/mol. The van der Waals surface area contributed by atoms with Crippen molar-refractivity contribution in [3.8, 4) is 0 Å². The monoisotopic (exact) mass is 249 g/mol. The van der Waals surface area contributed by atoms with Crippen LogP contribution in [-0.2, 0) is 6.61 Å². The van der Waals surface area contributed by atoms with Crippen molar-refractivity contribution in [1.82, 2.24) is 9.88 Å². The lowest BCUT2D eigenvalue weighted by molar-refractivity contribution is 0.269. The maximum absolute atomic E-state index is 9.36. The quantitative estimate of drug-likeness (QED) is 0.858. The first-order valence-electron chi connectivity index (χ1n) is 6.75. The molecule has 1 saturated heterocycles. The summed E-state index contributed by atoms with van der Waals surface area (Å²) in [4.78, 5) is 8.91. The van der Waals surface area contributed by atoms with Crippen LogP contribution in [0.15, 0.2) is 18.5 Å². The largest absolute Gasteiger partial charge is 0.392 e. The molecule has 0 saturated carbocycles. The van der Waals surface area contributed by atoms with E-state index in [4.69, 9.17) is 0 Å². The summed E-state index contributed by atoms with van der Waals surface area (Å²) in [6.45, 7) is 5.64. The number of anilines is 1. The normalized spacial score (nSPS) is 20.3. The van der Waals surface area contributed by atoms with E-state index in [-0.39, 0.29) is 6.61 Å². The highest BCUT2D eigenvalue weighted by molar-refractivity contribution is 5.50. The van der Waals surface area contributed by atoms with Crippen LogP contribution in [0.1, 0.15) is 25.3 Å². The molecule has 0 spiro atoms. The molecular formula is C14H23N3O.